The molecule has 0 spiro atoms. The number of pyridine rings is 1. The summed E-state index contributed by atoms with van der Waals surface area (Å²) in [6.45, 7) is 5.98. The molecule has 14 heteroatoms. The van der Waals surface area contributed by atoms with Crippen molar-refractivity contribution in [3.05, 3.63) is 71.1 Å². The quantitative estimate of drug-likeness (QED) is 0.225. The Labute approximate surface area is 320 Å². The Balaban J connectivity index is 0.791. The van der Waals surface area contributed by atoms with Gasteiger partial charge in [-0.1, -0.05) is 11.6 Å². The average molecular weight is 757 g/mol. The number of hydrogen-bond acceptors (Lipinski definition) is 10. The number of aromatic nitrogens is 1. The first-order valence-electron chi connectivity index (χ1n) is 19.0. The van der Waals surface area contributed by atoms with E-state index < -0.39 is 6.04 Å². The molecule has 2 aromatic carbocycles. The molecule has 3 N–H and O–H groups in total. The number of imide groups is 1. The van der Waals surface area contributed by atoms with Gasteiger partial charge in [0.2, 0.25) is 17.7 Å². The van der Waals surface area contributed by atoms with Gasteiger partial charge in [-0.3, -0.25) is 19.7 Å². The fourth-order valence-corrected chi connectivity index (χ4v) is 8.17. The van der Waals surface area contributed by atoms with Crippen molar-refractivity contribution < 1.29 is 23.5 Å². The van der Waals surface area contributed by atoms with Gasteiger partial charge >= 0.3 is 0 Å². The van der Waals surface area contributed by atoms with Gasteiger partial charge in [-0.2, -0.15) is 5.26 Å². The summed E-state index contributed by atoms with van der Waals surface area (Å²) in [7, 11) is 0. The lowest BCUT2D eigenvalue weighted by atomic mass is 9.94. The molecule has 3 aromatic rings. The maximum atomic E-state index is 15.1. The number of anilines is 4. The SMILES string of the molecule is N#Cc1ccc(N2CCC(C(=O)Nc3ccc(OC4CCN(CC5CCN(c6ccc(NC7CCC(=O)NC7=O)cc6F)CC5)CC4)cn3)CC2)cc1Cl. The lowest BCUT2D eigenvalue weighted by molar-refractivity contribution is -0.133. The number of amides is 3. The fraction of sp³-hybridized carbons (Fsp3) is 0.475. The van der Waals surface area contributed by atoms with Crippen LogP contribution in [-0.4, -0.2) is 85.6 Å². The number of carbonyl (C=O) groups is 3. The summed E-state index contributed by atoms with van der Waals surface area (Å²) in [6.07, 6.45) is 7.71. The molecule has 1 aromatic heterocycles. The second-order valence-electron chi connectivity index (χ2n) is 14.8. The molecule has 0 bridgehead atoms. The third kappa shape index (κ3) is 9.22. The molecular formula is C40H46ClFN8O4. The average Bonchev–Trinajstić information content (AvgIpc) is 3.18. The molecule has 7 rings (SSSR count). The topological polar surface area (TPSA) is 143 Å². The summed E-state index contributed by atoms with van der Waals surface area (Å²) >= 11 is 6.22. The van der Waals surface area contributed by atoms with Gasteiger partial charge in [-0.05, 0) is 99.4 Å². The molecule has 4 fully saturated rings. The third-order valence-corrected chi connectivity index (χ3v) is 11.4. The lowest BCUT2D eigenvalue weighted by Gasteiger charge is -2.38. The van der Waals surface area contributed by atoms with E-state index >= 15 is 4.39 Å². The minimum absolute atomic E-state index is 0.0332. The monoisotopic (exact) mass is 756 g/mol. The Kier molecular flexibility index (Phi) is 11.8. The predicted octanol–water partition coefficient (Wildman–Crippen LogP) is 5.58. The van der Waals surface area contributed by atoms with Crippen LogP contribution in [0.15, 0.2) is 54.7 Å². The highest BCUT2D eigenvalue weighted by Crippen LogP contribution is 2.31. The number of halogens is 2. The lowest BCUT2D eigenvalue weighted by Crippen LogP contribution is -2.47. The van der Waals surface area contributed by atoms with Gasteiger partial charge in [-0.15, -0.1) is 0 Å². The van der Waals surface area contributed by atoms with Crippen LogP contribution in [0.25, 0.3) is 0 Å². The summed E-state index contributed by atoms with van der Waals surface area (Å²) in [5, 5.41) is 17.9. The fourth-order valence-electron chi connectivity index (χ4n) is 7.95. The highest BCUT2D eigenvalue weighted by Gasteiger charge is 2.29. The van der Waals surface area contributed by atoms with Crippen LogP contribution in [0.4, 0.5) is 27.3 Å². The number of nitrogens with zero attached hydrogens (tertiary/aromatic N) is 5. The van der Waals surface area contributed by atoms with E-state index in [-0.39, 0.29) is 42.0 Å². The van der Waals surface area contributed by atoms with E-state index in [1.165, 1.54) is 6.07 Å². The smallest absolute Gasteiger partial charge is 0.249 e. The van der Waals surface area contributed by atoms with Crippen molar-refractivity contribution >= 4 is 52.2 Å². The predicted molar refractivity (Wildman–Crippen MR) is 205 cm³/mol. The molecule has 4 aliphatic heterocycles. The van der Waals surface area contributed by atoms with E-state index in [0.717, 1.165) is 77.2 Å². The van der Waals surface area contributed by atoms with E-state index in [0.29, 0.717) is 58.7 Å². The first-order valence-corrected chi connectivity index (χ1v) is 19.3. The molecular weight excluding hydrogens is 711 g/mol. The number of nitriles is 1. The van der Waals surface area contributed by atoms with Gasteiger partial charge in [0.25, 0.3) is 0 Å². The molecule has 0 saturated carbocycles. The van der Waals surface area contributed by atoms with E-state index in [4.69, 9.17) is 21.6 Å². The minimum Gasteiger partial charge on any atom is -0.489 e. The number of carbonyl (C=O) groups excluding carboxylic acids is 3. The van der Waals surface area contributed by atoms with Crippen molar-refractivity contribution in [2.24, 2.45) is 11.8 Å². The molecule has 0 aliphatic carbocycles. The molecule has 0 radical (unpaired) electrons. The maximum Gasteiger partial charge on any atom is 0.249 e. The molecule has 5 heterocycles. The van der Waals surface area contributed by atoms with Crippen LogP contribution in [-0.2, 0) is 14.4 Å². The summed E-state index contributed by atoms with van der Waals surface area (Å²) in [4.78, 5) is 47.7. The van der Waals surface area contributed by atoms with Crippen LogP contribution in [0, 0.1) is 29.0 Å². The van der Waals surface area contributed by atoms with Gasteiger partial charge in [0.05, 0.1) is 22.5 Å². The van der Waals surface area contributed by atoms with Crippen LogP contribution < -0.4 is 30.5 Å². The highest BCUT2D eigenvalue weighted by molar-refractivity contribution is 6.32. The molecule has 3 amide bonds. The second-order valence-corrected chi connectivity index (χ2v) is 15.2. The second kappa shape index (κ2) is 17.0. The molecule has 1 unspecified atom stereocenters. The van der Waals surface area contributed by atoms with Gasteiger partial charge in [-0.25, -0.2) is 9.37 Å². The number of likely N-dealkylation sites (tertiary alicyclic amines) is 1. The maximum absolute atomic E-state index is 15.1. The summed E-state index contributed by atoms with van der Waals surface area (Å²) in [5.41, 5.74) is 2.52. The van der Waals surface area contributed by atoms with Crippen molar-refractivity contribution in [1.82, 2.24) is 15.2 Å². The van der Waals surface area contributed by atoms with Crippen LogP contribution in [0.2, 0.25) is 5.02 Å². The standard InChI is InChI=1S/C40H46ClFN8O4/c41-33-22-30(3-1-28(33)23-43)49-19-11-27(12-20-49)39(52)46-37-7-4-32(24-44-37)54-31-13-15-48(16-14-31)25-26-9-17-50(18-10-26)36-6-2-29(21-34(36)42)45-35-5-8-38(51)47-40(35)53/h1-4,6-7,21-22,24,26-27,31,35,45H,5,8-20,25H2,(H,44,46,52)(H,47,51,53). The van der Waals surface area contributed by atoms with Gasteiger partial charge in [0.1, 0.15) is 35.6 Å². The minimum atomic E-state index is -0.546. The molecule has 54 heavy (non-hydrogen) atoms. The largest absolute Gasteiger partial charge is 0.489 e. The first-order chi connectivity index (χ1) is 26.2. The Morgan fingerprint density at radius 2 is 1.70 bits per heavy atom. The van der Waals surface area contributed by atoms with E-state index in [1.54, 1.807) is 30.5 Å². The summed E-state index contributed by atoms with van der Waals surface area (Å²) in [6, 6.07) is 15.6. The third-order valence-electron chi connectivity index (χ3n) is 11.1. The Morgan fingerprint density at radius 3 is 2.37 bits per heavy atom. The van der Waals surface area contributed by atoms with E-state index in [1.807, 2.05) is 18.2 Å². The summed E-state index contributed by atoms with van der Waals surface area (Å²) < 4.78 is 21.4. The van der Waals surface area contributed by atoms with Crippen LogP contribution in [0.3, 0.4) is 0 Å². The molecule has 4 aliphatic rings. The number of hydrogen-bond donors (Lipinski definition) is 3. The van der Waals surface area contributed by atoms with Gasteiger partial charge in [0, 0.05) is 69.5 Å². The van der Waals surface area contributed by atoms with Gasteiger partial charge in [0.15, 0.2) is 0 Å². The molecule has 12 nitrogen and oxygen atoms in total. The zero-order valence-corrected chi connectivity index (χ0v) is 31.0. The summed E-state index contributed by atoms with van der Waals surface area (Å²) in [5.74, 6) is 0.646. The van der Waals surface area contributed by atoms with Crippen molar-refractivity contribution in [2.75, 3.05) is 66.2 Å². The Hall–Kier alpha value is -4.93. The highest BCUT2D eigenvalue weighted by atomic mass is 35.5. The Morgan fingerprint density at radius 1 is 0.944 bits per heavy atom. The van der Waals surface area contributed by atoms with E-state index in [2.05, 4.69) is 41.7 Å². The normalized spacial score (nSPS) is 20.6. The molecule has 1 atom stereocenters. The van der Waals surface area contributed by atoms with Crippen molar-refractivity contribution in [1.29, 1.82) is 5.26 Å². The number of ether oxygens (including phenoxy) is 1. The van der Waals surface area contributed by atoms with Crippen LogP contribution in [0.5, 0.6) is 5.75 Å². The van der Waals surface area contributed by atoms with Crippen molar-refractivity contribution in [3.63, 3.8) is 0 Å². The van der Waals surface area contributed by atoms with Crippen molar-refractivity contribution in [3.8, 4) is 11.8 Å². The number of nitrogens with one attached hydrogen (secondary N) is 3. The van der Waals surface area contributed by atoms with Crippen LogP contribution >= 0.6 is 11.6 Å². The number of rotatable bonds is 10. The zero-order valence-electron chi connectivity index (χ0n) is 30.2. The van der Waals surface area contributed by atoms with E-state index in [9.17, 15) is 14.4 Å². The Bertz CT molecular complexity index is 1870. The van der Waals surface area contributed by atoms with Gasteiger partial charge < -0.3 is 30.1 Å². The number of piperidine rings is 4. The zero-order chi connectivity index (χ0) is 37.6. The molecule has 4 saturated heterocycles. The number of benzene rings is 2. The van der Waals surface area contributed by atoms with Crippen molar-refractivity contribution in [2.45, 2.75) is 63.5 Å². The first kappa shape index (κ1) is 37.4. The molecule has 284 valence electrons. The van der Waals surface area contributed by atoms with Crippen LogP contribution in [0.1, 0.15) is 56.9 Å².